The number of rotatable bonds is 3. The van der Waals surface area contributed by atoms with Gasteiger partial charge in [0.15, 0.2) is 0 Å². The van der Waals surface area contributed by atoms with Crippen molar-refractivity contribution in [3.8, 4) is 0 Å². The summed E-state index contributed by atoms with van der Waals surface area (Å²) in [5.74, 6) is -0.786. The van der Waals surface area contributed by atoms with Crippen LogP contribution in [0.3, 0.4) is 0 Å². The van der Waals surface area contributed by atoms with Crippen LogP contribution in [0, 0.1) is 3.57 Å². The van der Waals surface area contributed by atoms with Crippen LogP contribution in [-0.4, -0.2) is 11.1 Å². The molecular weight excluding hydrogens is 303 g/mol. The van der Waals surface area contributed by atoms with Crippen molar-refractivity contribution in [2.45, 2.75) is 32.6 Å². The number of benzene rings is 1. The minimum atomic E-state index is -0.811. The Labute approximate surface area is 104 Å². The van der Waals surface area contributed by atoms with E-state index in [1.54, 1.807) is 13.8 Å². The van der Waals surface area contributed by atoms with E-state index in [1.165, 1.54) is 9.13 Å². The second-order valence-corrected chi connectivity index (χ2v) is 5.25. The normalized spacial score (nSPS) is 11.5. The summed E-state index contributed by atoms with van der Waals surface area (Å²) in [7, 11) is 0. The van der Waals surface area contributed by atoms with Gasteiger partial charge in [-0.2, -0.15) is 0 Å². The highest BCUT2D eigenvalue weighted by atomic mass is 127. The fourth-order valence-electron chi connectivity index (χ4n) is 1.36. The van der Waals surface area contributed by atoms with E-state index in [9.17, 15) is 4.79 Å². The lowest BCUT2D eigenvalue weighted by atomic mass is 9.84. The van der Waals surface area contributed by atoms with Crippen LogP contribution in [0.5, 0.6) is 0 Å². The summed E-state index contributed by atoms with van der Waals surface area (Å²) in [5.41, 5.74) is 1.27. The highest BCUT2D eigenvalue weighted by Gasteiger charge is 2.29. The van der Waals surface area contributed by atoms with Gasteiger partial charge in [-0.05, 0) is 60.1 Å². The maximum Gasteiger partial charge on any atom is 0.313 e. The predicted octanol–water partition coefficient (Wildman–Crippen LogP) is 3.22. The van der Waals surface area contributed by atoms with Crippen molar-refractivity contribution in [3.63, 3.8) is 0 Å². The summed E-state index contributed by atoms with van der Waals surface area (Å²) in [6, 6.07) is 5.88. The highest BCUT2D eigenvalue weighted by Crippen LogP contribution is 2.26. The Morgan fingerprint density at radius 2 is 2.07 bits per heavy atom. The number of hydrogen-bond donors (Lipinski definition) is 1. The number of halogens is 1. The molecule has 82 valence electrons. The van der Waals surface area contributed by atoms with Crippen molar-refractivity contribution in [2.75, 3.05) is 0 Å². The minimum absolute atomic E-state index is 0.786. The molecule has 3 heteroatoms. The third-order valence-electron chi connectivity index (χ3n) is 2.68. The predicted molar refractivity (Wildman–Crippen MR) is 69.2 cm³/mol. The molecule has 0 radical (unpaired) electrons. The molecule has 1 rings (SSSR count). The molecule has 0 heterocycles. The lowest BCUT2D eigenvalue weighted by Gasteiger charge is -2.20. The molecular formula is C12H15IO2. The third kappa shape index (κ3) is 2.51. The van der Waals surface area contributed by atoms with Crippen molar-refractivity contribution >= 4 is 28.6 Å². The molecule has 1 aromatic carbocycles. The minimum Gasteiger partial charge on any atom is -0.481 e. The summed E-state index contributed by atoms with van der Waals surface area (Å²) in [4.78, 5) is 11.1. The number of carbonyl (C=O) groups is 1. The van der Waals surface area contributed by atoms with E-state index in [0.717, 1.165) is 12.0 Å². The molecule has 0 aliphatic heterocycles. The molecule has 0 amide bonds. The molecule has 0 saturated heterocycles. The van der Waals surface area contributed by atoms with E-state index in [2.05, 4.69) is 29.5 Å². The maximum atomic E-state index is 11.1. The monoisotopic (exact) mass is 318 g/mol. The van der Waals surface area contributed by atoms with E-state index in [0.29, 0.717) is 0 Å². The maximum absolute atomic E-state index is 11.1. The number of aryl methyl sites for hydroxylation is 1. The Morgan fingerprint density at radius 1 is 1.47 bits per heavy atom. The molecule has 0 aromatic heterocycles. The van der Waals surface area contributed by atoms with Crippen molar-refractivity contribution < 1.29 is 9.90 Å². The first-order chi connectivity index (χ1) is 6.89. The first-order valence-corrected chi connectivity index (χ1v) is 5.99. The average Bonchev–Trinajstić information content (AvgIpc) is 2.18. The van der Waals surface area contributed by atoms with Gasteiger partial charge in [0.2, 0.25) is 0 Å². The van der Waals surface area contributed by atoms with E-state index in [4.69, 9.17) is 5.11 Å². The second-order valence-electron chi connectivity index (χ2n) is 4.09. The third-order valence-corrected chi connectivity index (χ3v) is 3.74. The van der Waals surface area contributed by atoms with Gasteiger partial charge in [0.25, 0.3) is 0 Å². The molecule has 0 bridgehead atoms. The Bertz CT molecular complexity index is 383. The number of carboxylic acids is 1. The van der Waals surface area contributed by atoms with Gasteiger partial charge in [-0.3, -0.25) is 4.79 Å². The zero-order valence-electron chi connectivity index (χ0n) is 9.17. The van der Waals surface area contributed by atoms with Crippen LogP contribution in [0.1, 0.15) is 31.9 Å². The molecule has 0 atom stereocenters. The van der Waals surface area contributed by atoms with Crippen LogP contribution in [0.2, 0.25) is 0 Å². The standard InChI is InChI=1S/C12H15IO2/c1-4-8-7-9(5-6-10(8)13)12(2,3)11(14)15/h5-7H,4H2,1-3H3,(H,14,15). The Morgan fingerprint density at radius 3 is 2.53 bits per heavy atom. The molecule has 0 spiro atoms. The van der Waals surface area contributed by atoms with Gasteiger partial charge < -0.3 is 5.11 Å². The summed E-state index contributed by atoms with van der Waals surface area (Å²) >= 11 is 2.28. The van der Waals surface area contributed by atoms with E-state index in [1.807, 2.05) is 18.2 Å². The summed E-state index contributed by atoms with van der Waals surface area (Å²) in [5, 5.41) is 9.13. The summed E-state index contributed by atoms with van der Waals surface area (Å²) in [6.07, 6.45) is 0.932. The number of hydrogen-bond acceptors (Lipinski definition) is 1. The van der Waals surface area contributed by atoms with Crippen LogP contribution in [-0.2, 0) is 16.6 Å². The quantitative estimate of drug-likeness (QED) is 0.869. The van der Waals surface area contributed by atoms with E-state index in [-0.39, 0.29) is 0 Å². The molecule has 1 aromatic rings. The fourth-order valence-corrected chi connectivity index (χ4v) is 2.07. The Balaban J connectivity index is 3.22. The fraction of sp³-hybridized carbons (Fsp3) is 0.417. The lowest BCUT2D eigenvalue weighted by Crippen LogP contribution is -2.28. The summed E-state index contributed by atoms with van der Waals surface area (Å²) < 4.78 is 1.19. The van der Waals surface area contributed by atoms with Crippen molar-refractivity contribution in [3.05, 3.63) is 32.9 Å². The largest absolute Gasteiger partial charge is 0.481 e. The first-order valence-electron chi connectivity index (χ1n) is 4.92. The van der Waals surface area contributed by atoms with Gasteiger partial charge in [0.1, 0.15) is 0 Å². The average molecular weight is 318 g/mol. The van der Waals surface area contributed by atoms with Gasteiger partial charge in [0.05, 0.1) is 5.41 Å². The number of aliphatic carboxylic acids is 1. The van der Waals surface area contributed by atoms with Crippen molar-refractivity contribution in [1.82, 2.24) is 0 Å². The Kier molecular flexibility index (Phi) is 3.76. The molecule has 0 aliphatic carbocycles. The lowest BCUT2D eigenvalue weighted by molar-refractivity contribution is -0.142. The van der Waals surface area contributed by atoms with Gasteiger partial charge in [-0.25, -0.2) is 0 Å². The Hall–Kier alpha value is -0.580. The molecule has 0 fully saturated rings. The van der Waals surface area contributed by atoms with Gasteiger partial charge in [-0.1, -0.05) is 19.1 Å². The van der Waals surface area contributed by atoms with Crippen LogP contribution >= 0.6 is 22.6 Å². The van der Waals surface area contributed by atoms with E-state index >= 15 is 0 Å². The molecule has 15 heavy (non-hydrogen) atoms. The van der Waals surface area contributed by atoms with E-state index < -0.39 is 11.4 Å². The van der Waals surface area contributed by atoms with Crippen LogP contribution in [0.15, 0.2) is 18.2 Å². The molecule has 0 unspecified atom stereocenters. The van der Waals surface area contributed by atoms with Gasteiger partial charge >= 0.3 is 5.97 Å². The first kappa shape index (κ1) is 12.5. The van der Waals surface area contributed by atoms with Crippen LogP contribution in [0.4, 0.5) is 0 Å². The molecule has 2 nitrogen and oxygen atoms in total. The zero-order chi connectivity index (χ0) is 11.6. The molecule has 0 saturated carbocycles. The topological polar surface area (TPSA) is 37.3 Å². The SMILES string of the molecule is CCc1cc(C(C)(C)C(=O)O)ccc1I. The second kappa shape index (κ2) is 4.51. The van der Waals surface area contributed by atoms with Crippen molar-refractivity contribution in [2.24, 2.45) is 0 Å². The van der Waals surface area contributed by atoms with Crippen molar-refractivity contribution in [1.29, 1.82) is 0 Å². The van der Waals surface area contributed by atoms with Crippen LogP contribution in [0.25, 0.3) is 0 Å². The molecule has 0 aliphatic rings. The number of carboxylic acid groups (broad SMARTS) is 1. The smallest absolute Gasteiger partial charge is 0.313 e. The van der Waals surface area contributed by atoms with Gasteiger partial charge in [0, 0.05) is 3.57 Å². The highest BCUT2D eigenvalue weighted by molar-refractivity contribution is 14.1. The summed E-state index contributed by atoms with van der Waals surface area (Å²) in [6.45, 7) is 5.54. The van der Waals surface area contributed by atoms with Crippen LogP contribution < -0.4 is 0 Å². The molecule has 1 N–H and O–H groups in total. The zero-order valence-corrected chi connectivity index (χ0v) is 11.3. The van der Waals surface area contributed by atoms with Gasteiger partial charge in [-0.15, -0.1) is 0 Å².